The van der Waals surface area contributed by atoms with Crippen LogP contribution in [0.3, 0.4) is 0 Å². The molecule has 3 N–H and O–H groups in total. The zero-order valence-corrected chi connectivity index (χ0v) is 15.5. The average Bonchev–Trinajstić information content (AvgIpc) is 3.32. The number of aliphatic hydroxyl groups excluding tert-OH is 1. The van der Waals surface area contributed by atoms with Crippen LogP contribution in [-0.4, -0.2) is 40.4 Å². The van der Waals surface area contributed by atoms with E-state index in [0.717, 1.165) is 16.8 Å². The molecule has 3 aromatic rings. The van der Waals surface area contributed by atoms with Crippen molar-refractivity contribution in [1.82, 2.24) is 14.9 Å². The first-order chi connectivity index (χ1) is 14.2. The summed E-state index contributed by atoms with van der Waals surface area (Å²) in [7, 11) is 0. The highest BCUT2D eigenvalue weighted by atomic mass is 16.5. The number of nitrogens with zero attached hydrogens (tertiary/aromatic N) is 3. The highest BCUT2D eigenvalue weighted by molar-refractivity contribution is 5.89. The van der Waals surface area contributed by atoms with Crippen molar-refractivity contribution in [1.29, 1.82) is 5.26 Å². The van der Waals surface area contributed by atoms with Crippen LogP contribution in [0.5, 0.6) is 5.75 Å². The molecule has 0 aliphatic carbocycles. The van der Waals surface area contributed by atoms with E-state index in [-0.39, 0.29) is 25.3 Å². The monoisotopic (exact) mass is 389 g/mol. The van der Waals surface area contributed by atoms with Gasteiger partial charge >= 0.3 is 6.03 Å². The predicted octanol–water partition coefficient (Wildman–Crippen LogP) is 2.52. The Labute approximate surface area is 167 Å². The van der Waals surface area contributed by atoms with Gasteiger partial charge in [-0.15, -0.1) is 0 Å². The highest BCUT2D eigenvalue weighted by Crippen LogP contribution is 2.38. The SMILES string of the molecule is N#Cc1ccc(NC(=O)NCC2c3ccccc3-c3cncn32)cc1OCCO. The van der Waals surface area contributed by atoms with E-state index in [4.69, 9.17) is 15.1 Å². The molecule has 2 aromatic carbocycles. The molecule has 0 saturated carbocycles. The lowest BCUT2D eigenvalue weighted by Crippen LogP contribution is -2.33. The number of amides is 2. The summed E-state index contributed by atoms with van der Waals surface area (Å²) in [6.45, 7) is 0.303. The number of imidazole rings is 1. The third kappa shape index (κ3) is 3.63. The molecule has 0 saturated heterocycles. The van der Waals surface area contributed by atoms with Gasteiger partial charge in [0.05, 0.1) is 36.4 Å². The summed E-state index contributed by atoms with van der Waals surface area (Å²) in [5.74, 6) is 0.312. The second-order valence-electron chi connectivity index (χ2n) is 6.52. The molecule has 0 radical (unpaired) electrons. The zero-order chi connectivity index (χ0) is 20.2. The molecule has 146 valence electrons. The van der Waals surface area contributed by atoms with Gasteiger partial charge in [0.1, 0.15) is 18.4 Å². The van der Waals surface area contributed by atoms with Crippen molar-refractivity contribution < 1.29 is 14.6 Å². The highest BCUT2D eigenvalue weighted by Gasteiger charge is 2.28. The zero-order valence-electron chi connectivity index (χ0n) is 15.5. The number of hydrogen-bond acceptors (Lipinski definition) is 5. The molecule has 1 aliphatic rings. The topological polar surface area (TPSA) is 112 Å². The van der Waals surface area contributed by atoms with E-state index in [1.54, 1.807) is 24.5 Å². The third-order valence-corrected chi connectivity index (χ3v) is 4.76. The summed E-state index contributed by atoms with van der Waals surface area (Å²) in [4.78, 5) is 16.6. The number of carbonyl (C=O) groups excluding carboxylic acids is 1. The van der Waals surface area contributed by atoms with Crippen LogP contribution < -0.4 is 15.4 Å². The Morgan fingerprint density at radius 2 is 2.17 bits per heavy atom. The summed E-state index contributed by atoms with van der Waals surface area (Å²) in [6.07, 6.45) is 3.59. The summed E-state index contributed by atoms with van der Waals surface area (Å²) in [6, 6.07) is 14.4. The molecule has 1 aliphatic heterocycles. The molecule has 29 heavy (non-hydrogen) atoms. The molecular formula is C21H19N5O3. The van der Waals surface area contributed by atoms with Crippen LogP contribution in [0.25, 0.3) is 11.3 Å². The fourth-order valence-electron chi connectivity index (χ4n) is 3.47. The van der Waals surface area contributed by atoms with Gasteiger partial charge in [0, 0.05) is 23.9 Å². The van der Waals surface area contributed by atoms with Gasteiger partial charge in [0.2, 0.25) is 0 Å². The lowest BCUT2D eigenvalue weighted by Gasteiger charge is -2.16. The number of ether oxygens (including phenoxy) is 1. The van der Waals surface area contributed by atoms with Crippen LogP contribution in [0.4, 0.5) is 10.5 Å². The number of nitriles is 1. The maximum Gasteiger partial charge on any atom is 0.319 e. The number of aromatic nitrogens is 2. The summed E-state index contributed by atoms with van der Waals surface area (Å²) >= 11 is 0. The maximum absolute atomic E-state index is 12.4. The summed E-state index contributed by atoms with van der Waals surface area (Å²) in [5, 5.41) is 23.7. The largest absolute Gasteiger partial charge is 0.490 e. The van der Waals surface area contributed by atoms with Gasteiger partial charge in [-0.3, -0.25) is 0 Å². The quantitative estimate of drug-likeness (QED) is 0.600. The first-order valence-corrected chi connectivity index (χ1v) is 9.15. The third-order valence-electron chi connectivity index (χ3n) is 4.76. The van der Waals surface area contributed by atoms with Crippen LogP contribution in [-0.2, 0) is 0 Å². The molecule has 2 amide bonds. The van der Waals surface area contributed by atoms with Gasteiger partial charge < -0.3 is 25.0 Å². The molecule has 1 aromatic heterocycles. The lowest BCUT2D eigenvalue weighted by atomic mass is 10.0. The average molecular weight is 389 g/mol. The first-order valence-electron chi connectivity index (χ1n) is 9.15. The summed E-state index contributed by atoms with van der Waals surface area (Å²) < 4.78 is 7.40. The lowest BCUT2D eigenvalue weighted by molar-refractivity contribution is 0.201. The van der Waals surface area contributed by atoms with Crippen LogP contribution in [0.1, 0.15) is 17.2 Å². The molecule has 0 bridgehead atoms. The Morgan fingerprint density at radius 3 is 3.00 bits per heavy atom. The Hall–Kier alpha value is -3.83. The van der Waals surface area contributed by atoms with Crippen molar-refractivity contribution >= 4 is 11.7 Å². The molecule has 1 atom stereocenters. The standard InChI is InChI=1S/C21H19N5O3/c22-10-14-5-6-15(9-20(14)29-8-7-27)25-21(28)24-12-19-17-4-2-1-3-16(17)18-11-23-13-26(18)19/h1-6,9,11,13,19,27H,7-8,12H2,(H2,24,25,28). The fraction of sp³-hybridized carbons (Fsp3) is 0.190. The van der Waals surface area contributed by atoms with Crippen molar-refractivity contribution in [2.24, 2.45) is 0 Å². The van der Waals surface area contributed by atoms with Crippen LogP contribution in [0.15, 0.2) is 55.0 Å². The molecule has 1 unspecified atom stereocenters. The van der Waals surface area contributed by atoms with Gasteiger partial charge in [-0.05, 0) is 17.7 Å². The molecule has 0 spiro atoms. The van der Waals surface area contributed by atoms with E-state index in [1.165, 1.54) is 0 Å². The minimum Gasteiger partial charge on any atom is -0.490 e. The minimum atomic E-state index is -0.367. The van der Waals surface area contributed by atoms with E-state index in [1.807, 2.05) is 35.0 Å². The van der Waals surface area contributed by atoms with E-state index in [9.17, 15) is 4.79 Å². The maximum atomic E-state index is 12.4. The van der Waals surface area contributed by atoms with Crippen LogP contribution in [0.2, 0.25) is 0 Å². The number of nitrogens with one attached hydrogen (secondary N) is 2. The van der Waals surface area contributed by atoms with E-state index >= 15 is 0 Å². The molecule has 4 rings (SSSR count). The number of aliphatic hydroxyl groups is 1. The predicted molar refractivity (Wildman–Crippen MR) is 107 cm³/mol. The van der Waals surface area contributed by atoms with Crippen molar-refractivity contribution in [2.75, 3.05) is 25.1 Å². The number of fused-ring (bicyclic) bond motifs is 3. The number of urea groups is 1. The fourth-order valence-corrected chi connectivity index (χ4v) is 3.47. The number of hydrogen-bond donors (Lipinski definition) is 3. The van der Waals surface area contributed by atoms with Crippen LogP contribution >= 0.6 is 0 Å². The molecule has 0 fully saturated rings. The Kier molecular flexibility index (Phi) is 5.14. The number of rotatable bonds is 6. The second kappa shape index (κ2) is 8.04. The van der Waals surface area contributed by atoms with Gasteiger partial charge in [0.25, 0.3) is 0 Å². The smallest absolute Gasteiger partial charge is 0.319 e. The van der Waals surface area contributed by atoms with Gasteiger partial charge in [-0.2, -0.15) is 5.26 Å². The second-order valence-corrected chi connectivity index (χ2v) is 6.52. The molecule has 2 heterocycles. The molecule has 8 heteroatoms. The summed E-state index contributed by atoms with van der Waals surface area (Å²) in [5.41, 5.74) is 4.12. The van der Waals surface area contributed by atoms with Crippen molar-refractivity contribution in [2.45, 2.75) is 6.04 Å². The molecule has 8 nitrogen and oxygen atoms in total. The Bertz CT molecular complexity index is 1090. The number of benzene rings is 2. The first kappa shape index (κ1) is 18.5. The Balaban J connectivity index is 1.43. The van der Waals surface area contributed by atoms with Crippen molar-refractivity contribution in [3.05, 3.63) is 66.1 Å². The van der Waals surface area contributed by atoms with Gasteiger partial charge in [-0.1, -0.05) is 24.3 Å². The number of carbonyl (C=O) groups is 1. The Morgan fingerprint density at radius 1 is 1.31 bits per heavy atom. The van der Waals surface area contributed by atoms with Crippen molar-refractivity contribution in [3.8, 4) is 23.1 Å². The van der Waals surface area contributed by atoms with Gasteiger partial charge in [-0.25, -0.2) is 9.78 Å². The molecular weight excluding hydrogens is 370 g/mol. The van der Waals surface area contributed by atoms with E-state index in [0.29, 0.717) is 23.5 Å². The van der Waals surface area contributed by atoms with E-state index < -0.39 is 0 Å². The van der Waals surface area contributed by atoms with Crippen molar-refractivity contribution in [3.63, 3.8) is 0 Å². The number of anilines is 1. The normalized spacial score (nSPS) is 13.9. The van der Waals surface area contributed by atoms with Crippen LogP contribution in [0, 0.1) is 11.3 Å². The minimum absolute atomic E-state index is 0.0288. The van der Waals surface area contributed by atoms with Gasteiger partial charge in [0.15, 0.2) is 0 Å². The van der Waals surface area contributed by atoms with E-state index in [2.05, 4.69) is 21.7 Å².